The molecule has 0 bridgehead atoms. The van der Waals surface area contributed by atoms with E-state index in [1.165, 1.54) is 0 Å². The fraction of sp³-hybridized carbons (Fsp3) is 0.357. The molecule has 1 amide bonds. The van der Waals surface area contributed by atoms with Crippen LogP contribution < -0.4 is 0 Å². The number of nitrogens with zero attached hydrogens (tertiary/aromatic N) is 6. The summed E-state index contributed by atoms with van der Waals surface area (Å²) < 4.78 is 10.0. The summed E-state index contributed by atoms with van der Waals surface area (Å²) in [7, 11) is 1.91. The molecule has 2 atom stereocenters. The van der Waals surface area contributed by atoms with Gasteiger partial charge in [-0.05, 0) is 60.9 Å². The summed E-state index contributed by atoms with van der Waals surface area (Å²) in [4.78, 5) is 22.8. The number of benzene rings is 2. The second-order valence-corrected chi connectivity index (χ2v) is 10.2. The van der Waals surface area contributed by atoms with Crippen LogP contribution in [0.5, 0.6) is 0 Å². The summed E-state index contributed by atoms with van der Waals surface area (Å²) in [6.45, 7) is 9.28. The van der Waals surface area contributed by atoms with Crippen LogP contribution in [0, 0.1) is 12.5 Å². The average Bonchev–Trinajstić information content (AvgIpc) is 3.57. The van der Waals surface area contributed by atoms with Gasteiger partial charge in [-0.3, -0.25) is 9.58 Å². The van der Waals surface area contributed by atoms with Gasteiger partial charge < -0.3 is 9.30 Å². The maximum atomic E-state index is 12.9. The standard InChI is InChI=1S/C28H28N6O2/c1-29-24-8-9-25-26(12-24)34(19-30-25)16-21-6-4-10-28(13-21)18-33(27(35)36-28)15-20-5-3-7-22(11-20)23-14-31-32(2)17-23/h3,5,7-9,11-12,14,17,19,21H,4,6,10,13,15-16,18H2,2H3/t21-,28-/m0/s1. The first-order chi connectivity index (χ1) is 17.5. The molecule has 1 saturated carbocycles. The van der Waals surface area contributed by atoms with Gasteiger partial charge in [-0.25, -0.2) is 14.6 Å². The topological polar surface area (TPSA) is 69.5 Å². The van der Waals surface area contributed by atoms with Crippen LogP contribution in [0.4, 0.5) is 10.5 Å². The van der Waals surface area contributed by atoms with Crippen molar-refractivity contribution in [2.24, 2.45) is 13.0 Å². The summed E-state index contributed by atoms with van der Waals surface area (Å²) >= 11 is 0. The van der Waals surface area contributed by atoms with Crippen LogP contribution in [0.25, 0.3) is 27.0 Å². The van der Waals surface area contributed by atoms with Crippen LogP contribution in [-0.4, -0.2) is 42.5 Å². The Morgan fingerprint density at radius 2 is 2.14 bits per heavy atom. The minimum absolute atomic E-state index is 0.225. The van der Waals surface area contributed by atoms with E-state index in [1.807, 2.05) is 48.9 Å². The quantitative estimate of drug-likeness (QED) is 0.350. The van der Waals surface area contributed by atoms with Crippen LogP contribution >= 0.6 is 0 Å². The van der Waals surface area contributed by atoms with Crippen molar-refractivity contribution in [3.8, 4) is 11.1 Å². The molecule has 1 aliphatic carbocycles. The lowest BCUT2D eigenvalue weighted by molar-refractivity contribution is 0.00415. The molecule has 2 aromatic carbocycles. The van der Waals surface area contributed by atoms with Crippen LogP contribution in [0.3, 0.4) is 0 Å². The molecular weight excluding hydrogens is 452 g/mol. The monoisotopic (exact) mass is 480 g/mol. The Labute approximate surface area is 209 Å². The molecule has 2 fully saturated rings. The van der Waals surface area contributed by atoms with Gasteiger partial charge in [0.2, 0.25) is 0 Å². The Morgan fingerprint density at radius 3 is 2.97 bits per heavy atom. The van der Waals surface area contributed by atoms with Crippen molar-refractivity contribution in [1.29, 1.82) is 0 Å². The maximum Gasteiger partial charge on any atom is 0.410 e. The van der Waals surface area contributed by atoms with Crippen molar-refractivity contribution in [2.75, 3.05) is 6.54 Å². The van der Waals surface area contributed by atoms with Crippen LogP contribution in [-0.2, 0) is 24.9 Å². The molecule has 4 aromatic rings. The van der Waals surface area contributed by atoms with Crippen molar-refractivity contribution in [3.05, 3.63) is 78.2 Å². The van der Waals surface area contributed by atoms with E-state index in [1.54, 1.807) is 10.7 Å². The zero-order valence-corrected chi connectivity index (χ0v) is 20.3. The molecular formula is C28H28N6O2. The molecule has 8 nitrogen and oxygen atoms in total. The van der Waals surface area contributed by atoms with E-state index >= 15 is 0 Å². The predicted molar refractivity (Wildman–Crippen MR) is 136 cm³/mol. The van der Waals surface area contributed by atoms with Crippen LogP contribution in [0.1, 0.15) is 31.2 Å². The van der Waals surface area contributed by atoms with Crippen molar-refractivity contribution in [1.82, 2.24) is 24.2 Å². The fourth-order valence-corrected chi connectivity index (χ4v) is 5.83. The maximum absolute atomic E-state index is 12.9. The fourth-order valence-electron chi connectivity index (χ4n) is 5.83. The Morgan fingerprint density at radius 1 is 1.22 bits per heavy atom. The number of hydrogen-bond acceptors (Lipinski definition) is 4. The van der Waals surface area contributed by atoms with Gasteiger partial charge in [0.05, 0.1) is 36.7 Å². The van der Waals surface area contributed by atoms with Gasteiger partial charge in [-0.1, -0.05) is 24.3 Å². The zero-order chi connectivity index (χ0) is 24.7. The van der Waals surface area contributed by atoms with E-state index in [9.17, 15) is 4.79 Å². The number of carbonyl (C=O) groups excluding carboxylic acids is 1. The third-order valence-electron chi connectivity index (χ3n) is 7.47. The Bertz CT molecular complexity index is 1480. The smallest absolute Gasteiger partial charge is 0.410 e. The van der Waals surface area contributed by atoms with Gasteiger partial charge >= 0.3 is 6.09 Å². The molecule has 3 heterocycles. The van der Waals surface area contributed by atoms with E-state index in [0.717, 1.165) is 60.0 Å². The third kappa shape index (κ3) is 4.22. The predicted octanol–water partition coefficient (Wildman–Crippen LogP) is 5.57. The van der Waals surface area contributed by atoms with Crippen molar-refractivity contribution < 1.29 is 9.53 Å². The van der Waals surface area contributed by atoms with E-state index in [4.69, 9.17) is 11.3 Å². The normalized spacial score (nSPS) is 21.7. The largest absolute Gasteiger partial charge is 0.441 e. The van der Waals surface area contributed by atoms with Crippen LogP contribution in [0.15, 0.2) is 61.2 Å². The van der Waals surface area contributed by atoms with E-state index < -0.39 is 5.60 Å². The first kappa shape index (κ1) is 22.4. The minimum Gasteiger partial charge on any atom is -0.441 e. The van der Waals surface area contributed by atoms with Gasteiger partial charge in [0.15, 0.2) is 5.69 Å². The zero-order valence-electron chi connectivity index (χ0n) is 20.3. The summed E-state index contributed by atoms with van der Waals surface area (Å²) in [5, 5.41) is 4.27. The highest BCUT2D eigenvalue weighted by molar-refractivity contribution is 5.79. The highest BCUT2D eigenvalue weighted by atomic mass is 16.6. The molecule has 0 unspecified atom stereocenters. The Kier molecular flexibility index (Phi) is 5.48. The Hall–Kier alpha value is -4.12. The first-order valence-corrected chi connectivity index (χ1v) is 12.4. The highest BCUT2D eigenvalue weighted by Gasteiger charge is 2.47. The molecule has 2 aromatic heterocycles. The molecule has 182 valence electrons. The third-order valence-corrected chi connectivity index (χ3v) is 7.47. The molecule has 0 N–H and O–H groups in total. The summed E-state index contributed by atoms with van der Waals surface area (Å²) in [5.74, 6) is 0.384. The number of amides is 1. The van der Waals surface area contributed by atoms with E-state index in [2.05, 4.69) is 37.7 Å². The van der Waals surface area contributed by atoms with Crippen molar-refractivity contribution in [3.63, 3.8) is 0 Å². The summed E-state index contributed by atoms with van der Waals surface area (Å²) in [6, 6.07) is 13.9. The van der Waals surface area contributed by atoms with Crippen molar-refractivity contribution in [2.45, 2.75) is 44.4 Å². The second-order valence-electron chi connectivity index (χ2n) is 10.2. The first-order valence-electron chi connectivity index (χ1n) is 12.4. The Balaban J connectivity index is 1.16. The van der Waals surface area contributed by atoms with Gasteiger partial charge in [-0.2, -0.15) is 5.10 Å². The SMILES string of the molecule is [C-]#[N+]c1ccc2ncn(C[C@H]3CCC[C@]4(C3)CN(Cc3cccc(-c5cnn(C)c5)c3)C(=O)O4)c2c1. The molecule has 36 heavy (non-hydrogen) atoms. The van der Waals surface area contributed by atoms with E-state index in [-0.39, 0.29) is 6.09 Å². The molecule has 6 rings (SSSR count). The number of fused-ring (bicyclic) bond motifs is 1. The average molecular weight is 481 g/mol. The van der Waals surface area contributed by atoms with Crippen molar-refractivity contribution >= 4 is 22.8 Å². The molecule has 0 radical (unpaired) electrons. The summed E-state index contributed by atoms with van der Waals surface area (Å²) in [5.41, 5.74) is 5.32. The second kappa shape index (κ2) is 8.83. The minimum atomic E-state index is -0.432. The van der Waals surface area contributed by atoms with Crippen LogP contribution in [0.2, 0.25) is 0 Å². The lowest BCUT2D eigenvalue weighted by Crippen LogP contribution is -2.40. The number of aromatic nitrogens is 4. The molecule has 1 saturated heterocycles. The van der Waals surface area contributed by atoms with Gasteiger partial charge in [0, 0.05) is 31.9 Å². The molecule has 1 spiro atoms. The molecule has 1 aliphatic heterocycles. The number of imidazole rings is 1. The summed E-state index contributed by atoms with van der Waals surface area (Å²) in [6.07, 6.45) is 9.34. The lowest BCUT2D eigenvalue weighted by atomic mass is 9.78. The van der Waals surface area contributed by atoms with Gasteiger partial charge in [0.1, 0.15) is 5.60 Å². The molecule has 2 aliphatic rings. The lowest BCUT2D eigenvalue weighted by Gasteiger charge is -2.36. The van der Waals surface area contributed by atoms with Gasteiger partial charge in [-0.15, -0.1) is 0 Å². The highest BCUT2D eigenvalue weighted by Crippen LogP contribution is 2.41. The van der Waals surface area contributed by atoms with Gasteiger partial charge in [0.25, 0.3) is 0 Å². The number of aryl methyl sites for hydroxylation is 1. The number of rotatable bonds is 5. The number of carbonyl (C=O) groups is 1. The molecule has 8 heteroatoms. The number of ether oxygens (including phenoxy) is 1. The van der Waals surface area contributed by atoms with E-state index in [0.29, 0.717) is 24.7 Å². The number of hydrogen-bond donors (Lipinski definition) is 0.